The highest BCUT2D eigenvalue weighted by Crippen LogP contribution is 2.34. The molecule has 27 heavy (non-hydrogen) atoms. The first-order valence-electron chi connectivity index (χ1n) is 9.13. The molecule has 1 heterocycles. The van der Waals surface area contributed by atoms with E-state index >= 15 is 0 Å². The topological polar surface area (TPSA) is 108 Å². The molecule has 0 aromatic heterocycles. The van der Waals surface area contributed by atoms with Crippen molar-refractivity contribution in [3.8, 4) is 0 Å². The second-order valence-electron chi connectivity index (χ2n) is 7.25. The van der Waals surface area contributed by atoms with Gasteiger partial charge in [-0.15, -0.1) is 0 Å². The van der Waals surface area contributed by atoms with Gasteiger partial charge in [-0.1, -0.05) is 30.5 Å². The highest BCUT2D eigenvalue weighted by Gasteiger charge is 2.52. The van der Waals surface area contributed by atoms with Gasteiger partial charge in [-0.3, -0.25) is 30.1 Å². The van der Waals surface area contributed by atoms with Crippen molar-refractivity contribution in [3.05, 3.63) is 34.9 Å². The highest BCUT2D eigenvalue weighted by atomic mass is 16.2. The van der Waals surface area contributed by atoms with Crippen molar-refractivity contribution in [1.29, 1.82) is 0 Å². The summed E-state index contributed by atoms with van der Waals surface area (Å²) in [6.45, 7) is 3.74. The zero-order valence-electron chi connectivity index (χ0n) is 15.6. The molecule has 2 fully saturated rings. The summed E-state index contributed by atoms with van der Waals surface area (Å²) in [6, 6.07) is 4.95. The zero-order chi connectivity index (χ0) is 19.6. The molecule has 2 aliphatic rings. The van der Waals surface area contributed by atoms with Crippen molar-refractivity contribution in [2.24, 2.45) is 0 Å². The quantitative estimate of drug-likeness (QED) is 0.547. The minimum Gasteiger partial charge on any atom is -0.323 e. The van der Waals surface area contributed by atoms with Gasteiger partial charge >= 0.3 is 6.03 Å². The van der Waals surface area contributed by atoms with Crippen molar-refractivity contribution < 1.29 is 19.2 Å². The molecule has 0 radical (unpaired) electrons. The molecule has 3 N–H and O–H groups in total. The number of benzene rings is 1. The SMILES string of the molecule is Cc1ccc(C(=O)NNC(=O)CCN2C(=O)NC3(CCCC3)C2=O)c(C)c1. The second kappa shape index (κ2) is 7.38. The number of hydrogen-bond acceptors (Lipinski definition) is 4. The summed E-state index contributed by atoms with van der Waals surface area (Å²) in [7, 11) is 0. The molecule has 1 aromatic rings. The van der Waals surface area contributed by atoms with Crippen LogP contribution in [0, 0.1) is 13.8 Å². The van der Waals surface area contributed by atoms with Gasteiger partial charge in [0.05, 0.1) is 0 Å². The maximum absolute atomic E-state index is 12.5. The lowest BCUT2D eigenvalue weighted by Crippen LogP contribution is -2.45. The van der Waals surface area contributed by atoms with Gasteiger partial charge in [0.2, 0.25) is 5.91 Å². The molecule has 5 amide bonds. The Morgan fingerprint density at radius 3 is 2.52 bits per heavy atom. The van der Waals surface area contributed by atoms with Crippen molar-refractivity contribution in [3.63, 3.8) is 0 Å². The van der Waals surface area contributed by atoms with Gasteiger partial charge in [-0.05, 0) is 38.3 Å². The second-order valence-corrected chi connectivity index (χ2v) is 7.25. The van der Waals surface area contributed by atoms with Crippen LogP contribution in [0.2, 0.25) is 0 Å². The summed E-state index contributed by atoms with van der Waals surface area (Å²) in [5, 5.41) is 2.77. The maximum Gasteiger partial charge on any atom is 0.325 e. The molecule has 0 unspecified atom stereocenters. The summed E-state index contributed by atoms with van der Waals surface area (Å²) < 4.78 is 0. The summed E-state index contributed by atoms with van der Waals surface area (Å²) >= 11 is 0. The molecule has 1 aliphatic carbocycles. The van der Waals surface area contributed by atoms with Gasteiger partial charge in [0.15, 0.2) is 0 Å². The number of urea groups is 1. The third kappa shape index (κ3) is 3.79. The highest BCUT2D eigenvalue weighted by molar-refractivity contribution is 6.07. The number of hydrogen-bond donors (Lipinski definition) is 3. The van der Waals surface area contributed by atoms with Crippen LogP contribution in [-0.2, 0) is 9.59 Å². The predicted octanol–water partition coefficient (Wildman–Crippen LogP) is 1.32. The van der Waals surface area contributed by atoms with E-state index in [2.05, 4.69) is 16.2 Å². The molecule has 1 saturated heterocycles. The van der Waals surface area contributed by atoms with Crippen LogP contribution in [-0.4, -0.2) is 40.7 Å². The number of rotatable bonds is 4. The minimum atomic E-state index is -0.773. The molecular weight excluding hydrogens is 348 g/mol. The van der Waals surface area contributed by atoms with E-state index in [9.17, 15) is 19.2 Å². The van der Waals surface area contributed by atoms with Gasteiger partial charge in [0.25, 0.3) is 11.8 Å². The molecule has 3 rings (SSSR count). The Hall–Kier alpha value is -2.90. The lowest BCUT2D eigenvalue weighted by molar-refractivity contribution is -0.131. The van der Waals surface area contributed by atoms with E-state index < -0.39 is 23.4 Å². The minimum absolute atomic E-state index is 0.0162. The number of imide groups is 1. The van der Waals surface area contributed by atoms with Gasteiger partial charge in [-0.2, -0.15) is 0 Å². The number of amides is 5. The van der Waals surface area contributed by atoms with Gasteiger partial charge in [0, 0.05) is 18.5 Å². The summed E-state index contributed by atoms with van der Waals surface area (Å²) in [4.78, 5) is 49.8. The number of nitrogens with one attached hydrogen (secondary N) is 3. The molecular formula is C19H24N4O4. The molecule has 0 atom stereocenters. The Bertz CT molecular complexity index is 799. The third-order valence-electron chi connectivity index (χ3n) is 5.21. The number of aryl methyl sites for hydroxylation is 2. The Morgan fingerprint density at radius 1 is 1.15 bits per heavy atom. The van der Waals surface area contributed by atoms with E-state index in [1.165, 1.54) is 0 Å². The van der Waals surface area contributed by atoms with E-state index in [0.29, 0.717) is 18.4 Å². The zero-order valence-corrected chi connectivity index (χ0v) is 15.6. The van der Waals surface area contributed by atoms with Crippen molar-refractivity contribution >= 4 is 23.8 Å². The van der Waals surface area contributed by atoms with E-state index in [1.54, 1.807) is 6.07 Å². The maximum atomic E-state index is 12.5. The first-order chi connectivity index (χ1) is 12.8. The molecule has 8 nitrogen and oxygen atoms in total. The van der Waals surface area contributed by atoms with Crippen LogP contribution in [0.3, 0.4) is 0 Å². The summed E-state index contributed by atoms with van der Waals surface area (Å²) in [5.74, 6) is -1.14. The first kappa shape index (κ1) is 18.9. The smallest absolute Gasteiger partial charge is 0.323 e. The van der Waals surface area contributed by atoms with E-state index in [1.807, 2.05) is 26.0 Å². The average Bonchev–Trinajstić information content (AvgIpc) is 3.17. The molecule has 1 spiro atoms. The van der Waals surface area contributed by atoms with Crippen molar-refractivity contribution in [1.82, 2.24) is 21.1 Å². The standard InChI is InChI=1S/C19H24N4O4/c1-12-5-6-14(13(2)11-12)16(25)22-21-15(24)7-10-23-17(26)19(20-18(23)27)8-3-4-9-19/h5-6,11H,3-4,7-10H2,1-2H3,(H,20,27)(H,21,24)(H,22,25). The van der Waals surface area contributed by atoms with Crippen LogP contribution < -0.4 is 16.2 Å². The number of nitrogens with zero attached hydrogens (tertiary/aromatic N) is 1. The molecule has 0 bridgehead atoms. The normalized spacial score (nSPS) is 17.9. The summed E-state index contributed by atoms with van der Waals surface area (Å²) in [6.07, 6.45) is 3.02. The van der Waals surface area contributed by atoms with Gasteiger partial charge in [0.1, 0.15) is 5.54 Å². The van der Waals surface area contributed by atoms with Crippen LogP contribution in [0.1, 0.15) is 53.6 Å². The molecule has 8 heteroatoms. The number of carbonyl (C=O) groups is 4. The lowest BCUT2D eigenvalue weighted by atomic mass is 9.98. The van der Waals surface area contributed by atoms with Crippen LogP contribution in [0.25, 0.3) is 0 Å². The van der Waals surface area contributed by atoms with Gasteiger partial charge in [-0.25, -0.2) is 4.79 Å². The van der Waals surface area contributed by atoms with Crippen LogP contribution in [0.5, 0.6) is 0 Å². The predicted molar refractivity (Wildman–Crippen MR) is 97.6 cm³/mol. The first-order valence-corrected chi connectivity index (χ1v) is 9.13. The number of carbonyl (C=O) groups excluding carboxylic acids is 4. The fourth-order valence-electron chi connectivity index (χ4n) is 3.73. The summed E-state index contributed by atoms with van der Waals surface area (Å²) in [5.41, 5.74) is 6.24. The van der Waals surface area contributed by atoms with E-state index in [-0.39, 0.29) is 18.9 Å². The average molecular weight is 372 g/mol. The van der Waals surface area contributed by atoms with E-state index in [0.717, 1.165) is 28.9 Å². The molecule has 1 saturated carbocycles. The van der Waals surface area contributed by atoms with Crippen LogP contribution in [0.15, 0.2) is 18.2 Å². The number of hydrazine groups is 1. The molecule has 1 aromatic carbocycles. The van der Waals surface area contributed by atoms with Crippen LogP contribution >= 0.6 is 0 Å². The Morgan fingerprint density at radius 2 is 1.85 bits per heavy atom. The molecule has 1 aliphatic heterocycles. The fourth-order valence-corrected chi connectivity index (χ4v) is 3.73. The van der Waals surface area contributed by atoms with Gasteiger partial charge < -0.3 is 5.32 Å². The van der Waals surface area contributed by atoms with E-state index in [4.69, 9.17) is 0 Å². The Labute approximate surface area is 157 Å². The lowest BCUT2D eigenvalue weighted by Gasteiger charge is -2.19. The molecule has 144 valence electrons. The largest absolute Gasteiger partial charge is 0.325 e. The van der Waals surface area contributed by atoms with Crippen molar-refractivity contribution in [2.75, 3.05) is 6.54 Å². The Balaban J connectivity index is 1.49. The monoisotopic (exact) mass is 372 g/mol. The Kier molecular flexibility index (Phi) is 5.16. The third-order valence-corrected chi connectivity index (χ3v) is 5.21. The van der Waals surface area contributed by atoms with Crippen molar-refractivity contribution in [2.45, 2.75) is 51.5 Å². The van der Waals surface area contributed by atoms with Crippen LogP contribution in [0.4, 0.5) is 4.79 Å². The fraction of sp³-hybridized carbons (Fsp3) is 0.474.